The molecule has 2 aliphatic rings. The van der Waals surface area contributed by atoms with Crippen molar-refractivity contribution in [1.29, 1.82) is 0 Å². The Labute approximate surface area is 148 Å². The van der Waals surface area contributed by atoms with Gasteiger partial charge in [-0.25, -0.2) is 4.79 Å². The predicted octanol–water partition coefficient (Wildman–Crippen LogP) is 2.25. The van der Waals surface area contributed by atoms with E-state index in [1.165, 1.54) is 16.0 Å². The van der Waals surface area contributed by atoms with Crippen LogP contribution >= 0.6 is 0 Å². The molecule has 1 heterocycles. The molecule has 1 aromatic carbocycles. The molecule has 0 aromatic heterocycles. The molecular formula is C19H25N3O3. The monoisotopic (exact) mass is 343 g/mol. The number of carbonyl (C=O) groups excluding carboxylic acids is 3. The molecule has 0 radical (unpaired) electrons. The smallest absolute Gasteiger partial charge is 0.324 e. The van der Waals surface area contributed by atoms with Gasteiger partial charge in [0.1, 0.15) is 0 Å². The number of nitrogens with zero attached hydrogens (tertiary/aromatic N) is 1. The second-order valence-electron chi connectivity index (χ2n) is 7.44. The Balaban J connectivity index is 1.55. The Morgan fingerprint density at radius 3 is 2.80 bits per heavy atom. The Kier molecular flexibility index (Phi) is 4.79. The highest BCUT2D eigenvalue weighted by Gasteiger charge is 2.33. The van der Waals surface area contributed by atoms with E-state index in [4.69, 9.17) is 0 Å². The van der Waals surface area contributed by atoms with Crippen molar-refractivity contribution < 1.29 is 14.4 Å². The van der Waals surface area contributed by atoms with Gasteiger partial charge < -0.3 is 10.6 Å². The molecule has 4 amide bonds. The normalized spacial score (nSPS) is 21.7. The Bertz CT molecular complexity index is 683. The molecule has 0 unspecified atom stereocenters. The fraction of sp³-hybridized carbons (Fsp3) is 0.526. The first-order valence-electron chi connectivity index (χ1n) is 8.85. The van der Waals surface area contributed by atoms with Crippen LogP contribution in [0, 0.1) is 0 Å². The van der Waals surface area contributed by atoms with Crippen LogP contribution in [-0.4, -0.2) is 35.8 Å². The maximum absolute atomic E-state index is 12.3. The lowest BCUT2D eigenvalue weighted by atomic mass is 9.71. The zero-order chi connectivity index (χ0) is 18.0. The van der Waals surface area contributed by atoms with E-state index in [1.807, 2.05) is 12.1 Å². The zero-order valence-corrected chi connectivity index (χ0v) is 14.8. The Morgan fingerprint density at radius 2 is 2.08 bits per heavy atom. The number of hydrogen-bond acceptors (Lipinski definition) is 3. The number of fused-ring (bicyclic) bond motifs is 1. The molecule has 1 aromatic rings. The lowest BCUT2D eigenvalue weighted by Gasteiger charge is -2.37. The van der Waals surface area contributed by atoms with Crippen molar-refractivity contribution in [3.63, 3.8) is 0 Å². The van der Waals surface area contributed by atoms with Crippen LogP contribution in [0.1, 0.15) is 56.7 Å². The molecule has 6 nitrogen and oxygen atoms in total. The summed E-state index contributed by atoms with van der Waals surface area (Å²) in [6, 6.07) is 7.96. The topological polar surface area (TPSA) is 78.5 Å². The van der Waals surface area contributed by atoms with Crippen molar-refractivity contribution in [3.05, 3.63) is 35.4 Å². The van der Waals surface area contributed by atoms with Crippen molar-refractivity contribution in [3.8, 4) is 0 Å². The van der Waals surface area contributed by atoms with E-state index in [0.717, 1.165) is 12.8 Å². The molecule has 1 aliphatic heterocycles. The summed E-state index contributed by atoms with van der Waals surface area (Å²) in [7, 11) is 0. The lowest BCUT2D eigenvalue weighted by Crippen LogP contribution is -2.36. The molecule has 3 rings (SSSR count). The van der Waals surface area contributed by atoms with Gasteiger partial charge in [0.25, 0.3) is 0 Å². The van der Waals surface area contributed by atoms with Gasteiger partial charge in [-0.15, -0.1) is 0 Å². The third-order valence-electron chi connectivity index (χ3n) is 5.18. The second kappa shape index (κ2) is 6.86. The summed E-state index contributed by atoms with van der Waals surface area (Å²) < 4.78 is 0. The van der Waals surface area contributed by atoms with Crippen LogP contribution in [0.5, 0.6) is 0 Å². The van der Waals surface area contributed by atoms with Gasteiger partial charge in [0, 0.05) is 13.0 Å². The average molecular weight is 343 g/mol. The summed E-state index contributed by atoms with van der Waals surface area (Å²) in [6.45, 7) is 4.82. The predicted molar refractivity (Wildman–Crippen MR) is 93.9 cm³/mol. The fourth-order valence-electron chi connectivity index (χ4n) is 3.71. The largest absolute Gasteiger partial charge is 0.349 e. The SMILES string of the molecule is CC1(C)CC[C@H](NC(=O)CCCN2C(=O)CNC2=O)c2ccccc21. The maximum atomic E-state index is 12.3. The molecule has 25 heavy (non-hydrogen) atoms. The van der Waals surface area contributed by atoms with Gasteiger partial charge >= 0.3 is 6.03 Å². The van der Waals surface area contributed by atoms with Gasteiger partial charge in [-0.3, -0.25) is 14.5 Å². The first kappa shape index (κ1) is 17.5. The highest BCUT2D eigenvalue weighted by molar-refractivity contribution is 6.01. The molecule has 0 saturated carbocycles. The summed E-state index contributed by atoms with van der Waals surface area (Å²) in [6.07, 6.45) is 2.73. The van der Waals surface area contributed by atoms with E-state index in [1.54, 1.807) is 0 Å². The van der Waals surface area contributed by atoms with E-state index >= 15 is 0 Å². The van der Waals surface area contributed by atoms with Gasteiger partial charge in [-0.2, -0.15) is 0 Å². The number of nitrogens with one attached hydrogen (secondary N) is 2. The zero-order valence-electron chi connectivity index (χ0n) is 14.8. The van der Waals surface area contributed by atoms with E-state index in [9.17, 15) is 14.4 Å². The van der Waals surface area contributed by atoms with Crippen molar-refractivity contribution >= 4 is 17.8 Å². The number of carbonyl (C=O) groups is 3. The van der Waals surface area contributed by atoms with E-state index in [-0.39, 0.29) is 42.4 Å². The highest BCUT2D eigenvalue weighted by Crippen LogP contribution is 2.41. The Hall–Kier alpha value is -2.37. The third-order valence-corrected chi connectivity index (χ3v) is 5.18. The standard InChI is InChI=1S/C19H25N3O3/c1-19(2)10-9-15(13-6-3-4-7-14(13)19)21-16(23)8-5-11-22-17(24)12-20-18(22)25/h3-4,6-7,15H,5,8-12H2,1-2H3,(H,20,25)(H,21,23)/t15-/m0/s1. The van der Waals surface area contributed by atoms with Gasteiger partial charge in [-0.05, 0) is 35.8 Å². The summed E-state index contributed by atoms with van der Waals surface area (Å²) in [5.41, 5.74) is 2.62. The molecule has 134 valence electrons. The van der Waals surface area contributed by atoms with Crippen LogP contribution in [0.15, 0.2) is 24.3 Å². The molecule has 2 N–H and O–H groups in total. The number of hydrogen-bond donors (Lipinski definition) is 2. The fourth-order valence-corrected chi connectivity index (χ4v) is 3.71. The molecule has 1 fully saturated rings. The molecule has 0 bridgehead atoms. The van der Waals surface area contributed by atoms with Gasteiger partial charge in [0.15, 0.2) is 0 Å². The minimum atomic E-state index is -0.367. The van der Waals surface area contributed by atoms with E-state index < -0.39 is 0 Å². The summed E-state index contributed by atoms with van der Waals surface area (Å²) in [5.74, 6) is -0.264. The number of rotatable bonds is 5. The average Bonchev–Trinajstić information content (AvgIpc) is 2.90. The number of benzene rings is 1. The van der Waals surface area contributed by atoms with Gasteiger partial charge in [-0.1, -0.05) is 38.1 Å². The lowest BCUT2D eigenvalue weighted by molar-refractivity contribution is -0.126. The van der Waals surface area contributed by atoms with Crippen LogP contribution in [0.4, 0.5) is 4.79 Å². The number of amides is 4. The summed E-state index contributed by atoms with van der Waals surface area (Å²) in [5, 5.41) is 5.60. The van der Waals surface area contributed by atoms with Gasteiger partial charge in [0.05, 0.1) is 12.6 Å². The van der Waals surface area contributed by atoms with Crippen molar-refractivity contribution in [2.45, 2.75) is 51.0 Å². The number of imide groups is 1. The maximum Gasteiger partial charge on any atom is 0.324 e. The van der Waals surface area contributed by atoms with Crippen LogP contribution < -0.4 is 10.6 Å². The minimum absolute atomic E-state index is 0.0356. The Morgan fingerprint density at radius 1 is 1.32 bits per heavy atom. The molecule has 1 atom stereocenters. The highest BCUT2D eigenvalue weighted by atomic mass is 16.2. The first-order valence-corrected chi connectivity index (χ1v) is 8.85. The summed E-state index contributed by atoms with van der Waals surface area (Å²) >= 11 is 0. The first-order chi connectivity index (χ1) is 11.9. The van der Waals surface area contributed by atoms with Crippen molar-refractivity contribution in [1.82, 2.24) is 15.5 Å². The third kappa shape index (κ3) is 3.67. The summed E-state index contributed by atoms with van der Waals surface area (Å²) in [4.78, 5) is 36.5. The van der Waals surface area contributed by atoms with Crippen LogP contribution in [0.25, 0.3) is 0 Å². The van der Waals surface area contributed by atoms with Crippen molar-refractivity contribution in [2.24, 2.45) is 0 Å². The molecular weight excluding hydrogens is 318 g/mol. The quantitative estimate of drug-likeness (QED) is 0.805. The van der Waals surface area contributed by atoms with Gasteiger partial charge in [0.2, 0.25) is 11.8 Å². The van der Waals surface area contributed by atoms with Crippen LogP contribution in [-0.2, 0) is 15.0 Å². The minimum Gasteiger partial charge on any atom is -0.349 e. The van der Waals surface area contributed by atoms with Crippen LogP contribution in [0.3, 0.4) is 0 Å². The molecule has 0 spiro atoms. The van der Waals surface area contributed by atoms with Crippen molar-refractivity contribution in [2.75, 3.05) is 13.1 Å². The van der Waals surface area contributed by atoms with Crippen LogP contribution in [0.2, 0.25) is 0 Å². The number of urea groups is 1. The van der Waals surface area contributed by atoms with E-state index in [0.29, 0.717) is 12.8 Å². The second-order valence-corrected chi connectivity index (χ2v) is 7.44. The molecule has 6 heteroatoms. The molecule has 1 saturated heterocycles. The molecule has 1 aliphatic carbocycles. The van der Waals surface area contributed by atoms with E-state index in [2.05, 4.69) is 36.6 Å².